The molecule has 1 heterocycles. The minimum absolute atomic E-state index is 0.130. The first-order valence-electron chi connectivity index (χ1n) is 4.96. The van der Waals surface area contributed by atoms with Crippen molar-refractivity contribution in [2.45, 2.75) is 13.2 Å². The Morgan fingerprint density at radius 3 is 2.71 bits per heavy atom. The molecule has 0 spiro atoms. The molecule has 7 heteroatoms. The number of aliphatic hydroxyl groups excluding tert-OH is 1. The summed E-state index contributed by atoms with van der Waals surface area (Å²) in [4.78, 5) is 2.70. The molecule has 0 radical (unpaired) electrons. The molecule has 0 atom stereocenters. The molecule has 1 aromatic heterocycles. The van der Waals surface area contributed by atoms with Gasteiger partial charge in [0, 0.05) is 4.91 Å². The molecular formula is C10H10N6O. The molecule has 0 aliphatic carbocycles. The van der Waals surface area contributed by atoms with Gasteiger partial charge in [-0.25, -0.2) is 4.68 Å². The highest BCUT2D eigenvalue weighted by Gasteiger charge is 2.01. The zero-order valence-corrected chi connectivity index (χ0v) is 8.93. The summed E-state index contributed by atoms with van der Waals surface area (Å²) in [7, 11) is 0. The fraction of sp³-hybridized carbons (Fsp3) is 0.200. The minimum atomic E-state index is -0.130. The predicted molar refractivity (Wildman–Crippen MR) is 60.1 cm³/mol. The first kappa shape index (κ1) is 11.1. The van der Waals surface area contributed by atoms with E-state index in [1.165, 1.54) is 0 Å². The summed E-state index contributed by atoms with van der Waals surface area (Å²) in [5.41, 5.74) is 10.5. The van der Waals surface area contributed by atoms with Crippen LogP contribution in [-0.4, -0.2) is 20.1 Å². The summed E-state index contributed by atoms with van der Waals surface area (Å²) in [6.45, 7) is 0.199. The van der Waals surface area contributed by atoms with E-state index in [1.54, 1.807) is 10.9 Å². The summed E-state index contributed by atoms with van der Waals surface area (Å²) >= 11 is 0. The van der Waals surface area contributed by atoms with Gasteiger partial charge in [0.2, 0.25) is 0 Å². The van der Waals surface area contributed by atoms with Crippen molar-refractivity contribution >= 4 is 0 Å². The van der Waals surface area contributed by atoms with Crippen LogP contribution >= 0.6 is 0 Å². The van der Waals surface area contributed by atoms with Crippen LogP contribution < -0.4 is 0 Å². The number of hydrogen-bond acceptors (Lipinski definition) is 4. The van der Waals surface area contributed by atoms with Gasteiger partial charge in [0.05, 0.1) is 25.0 Å². The standard InChI is InChI=1S/C10H10N6O/c11-14-12-5-8-1-3-10(4-2-8)16-6-9(7-17)13-15-16/h1-4,6,17H,5,7H2. The number of rotatable bonds is 4. The molecule has 7 nitrogen and oxygen atoms in total. The first-order chi connectivity index (χ1) is 8.33. The van der Waals surface area contributed by atoms with E-state index in [-0.39, 0.29) is 6.61 Å². The maximum absolute atomic E-state index is 8.88. The van der Waals surface area contributed by atoms with E-state index in [2.05, 4.69) is 20.3 Å². The van der Waals surface area contributed by atoms with Crippen molar-refractivity contribution < 1.29 is 5.11 Å². The van der Waals surface area contributed by atoms with Crippen molar-refractivity contribution in [1.82, 2.24) is 15.0 Å². The summed E-state index contributed by atoms with van der Waals surface area (Å²) < 4.78 is 1.57. The fourth-order valence-electron chi connectivity index (χ4n) is 1.36. The second-order valence-electron chi connectivity index (χ2n) is 3.37. The molecule has 0 saturated heterocycles. The molecule has 0 amide bonds. The van der Waals surface area contributed by atoms with Gasteiger partial charge in [-0.3, -0.25) is 0 Å². The van der Waals surface area contributed by atoms with E-state index in [9.17, 15) is 0 Å². The number of nitrogens with zero attached hydrogens (tertiary/aromatic N) is 6. The Kier molecular flexibility index (Phi) is 3.34. The van der Waals surface area contributed by atoms with E-state index in [4.69, 9.17) is 10.6 Å². The smallest absolute Gasteiger partial charge is 0.109 e. The minimum Gasteiger partial charge on any atom is -0.390 e. The average molecular weight is 230 g/mol. The first-order valence-corrected chi connectivity index (χ1v) is 4.96. The zero-order chi connectivity index (χ0) is 12.1. The maximum atomic E-state index is 8.88. The normalized spacial score (nSPS) is 9.94. The SMILES string of the molecule is [N-]=[N+]=NCc1ccc(-n2cc(CO)nn2)cc1. The molecule has 86 valence electrons. The van der Waals surface area contributed by atoms with Crippen LogP contribution in [0.2, 0.25) is 0 Å². The lowest BCUT2D eigenvalue weighted by atomic mass is 10.2. The maximum Gasteiger partial charge on any atom is 0.109 e. The van der Waals surface area contributed by atoms with Crippen molar-refractivity contribution in [3.63, 3.8) is 0 Å². The summed E-state index contributed by atoms with van der Waals surface area (Å²) in [5, 5.41) is 20.0. The van der Waals surface area contributed by atoms with Crippen molar-refractivity contribution in [2.75, 3.05) is 0 Å². The zero-order valence-electron chi connectivity index (χ0n) is 8.93. The van der Waals surface area contributed by atoms with Crippen LogP contribution in [0.5, 0.6) is 0 Å². The van der Waals surface area contributed by atoms with Gasteiger partial charge in [0.15, 0.2) is 0 Å². The molecular weight excluding hydrogens is 220 g/mol. The van der Waals surface area contributed by atoms with E-state index in [0.29, 0.717) is 12.2 Å². The molecule has 0 saturated carbocycles. The van der Waals surface area contributed by atoms with Crippen LogP contribution in [0.3, 0.4) is 0 Å². The van der Waals surface area contributed by atoms with E-state index >= 15 is 0 Å². The quantitative estimate of drug-likeness (QED) is 0.490. The third kappa shape index (κ3) is 2.60. The number of aromatic nitrogens is 3. The summed E-state index contributed by atoms with van der Waals surface area (Å²) in [6, 6.07) is 7.39. The number of benzene rings is 1. The van der Waals surface area contributed by atoms with Gasteiger partial charge in [-0.1, -0.05) is 22.5 Å². The van der Waals surface area contributed by atoms with Gasteiger partial charge in [-0.15, -0.1) is 5.10 Å². The summed E-state index contributed by atoms with van der Waals surface area (Å²) in [6.07, 6.45) is 1.66. The van der Waals surface area contributed by atoms with Crippen LogP contribution in [-0.2, 0) is 13.2 Å². The molecule has 0 aliphatic heterocycles. The Morgan fingerprint density at radius 2 is 2.12 bits per heavy atom. The van der Waals surface area contributed by atoms with Crippen LogP contribution in [0.25, 0.3) is 16.1 Å². The third-order valence-corrected chi connectivity index (χ3v) is 2.22. The molecule has 17 heavy (non-hydrogen) atoms. The largest absolute Gasteiger partial charge is 0.390 e. The number of hydrogen-bond donors (Lipinski definition) is 1. The Bertz CT molecular complexity index is 540. The van der Waals surface area contributed by atoms with Gasteiger partial charge in [-0.05, 0) is 23.2 Å². The lowest BCUT2D eigenvalue weighted by molar-refractivity contribution is 0.276. The van der Waals surface area contributed by atoms with Crippen molar-refractivity contribution in [2.24, 2.45) is 5.11 Å². The molecule has 1 N–H and O–H groups in total. The van der Waals surface area contributed by atoms with Gasteiger partial charge in [0.1, 0.15) is 5.69 Å². The van der Waals surface area contributed by atoms with Crippen molar-refractivity contribution in [1.29, 1.82) is 0 Å². The van der Waals surface area contributed by atoms with Crippen LogP contribution in [0.4, 0.5) is 0 Å². The molecule has 2 rings (SSSR count). The number of aliphatic hydroxyl groups is 1. The predicted octanol–water partition coefficient (Wildman–Crippen LogP) is 1.57. The highest BCUT2D eigenvalue weighted by atomic mass is 16.3. The third-order valence-electron chi connectivity index (χ3n) is 2.22. The Morgan fingerprint density at radius 1 is 1.35 bits per heavy atom. The topological polar surface area (TPSA) is 99.7 Å². The highest BCUT2D eigenvalue weighted by Crippen LogP contribution is 2.10. The van der Waals surface area contributed by atoms with Crippen LogP contribution in [0.1, 0.15) is 11.3 Å². The lowest BCUT2D eigenvalue weighted by Gasteiger charge is -2.00. The van der Waals surface area contributed by atoms with Gasteiger partial charge in [-0.2, -0.15) is 0 Å². The second kappa shape index (κ2) is 5.11. The lowest BCUT2D eigenvalue weighted by Crippen LogP contribution is -1.94. The molecule has 2 aromatic rings. The van der Waals surface area contributed by atoms with Gasteiger partial charge in [0.25, 0.3) is 0 Å². The van der Waals surface area contributed by atoms with Crippen molar-refractivity contribution in [3.05, 3.63) is 52.2 Å². The Labute approximate surface area is 96.9 Å². The average Bonchev–Trinajstić information content (AvgIpc) is 2.86. The fourth-order valence-corrected chi connectivity index (χ4v) is 1.36. The highest BCUT2D eigenvalue weighted by molar-refractivity contribution is 5.33. The van der Waals surface area contributed by atoms with Gasteiger partial charge >= 0.3 is 0 Å². The monoisotopic (exact) mass is 230 g/mol. The van der Waals surface area contributed by atoms with Crippen LogP contribution in [0, 0.1) is 0 Å². The summed E-state index contributed by atoms with van der Waals surface area (Å²) in [5.74, 6) is 0. The molecule has 0 fully saturated rings. The van der Waals surface area contributed by atoms with Crippen molar-refractivity contribution in [3.8, 4) is 5.69 Å². The second-order valence-corrected chi connectivity index (χ2v) is 3.37. The van der Waals surface area contributed by atoms with E-state index < -0.39 is 0 Å². The molecule has 0 bridgehead atoms. The number of azide groups is 1. The molecule has 1 aromatic carbocycles. The Balaban J connectivity index is 2.19. The van der Waals surface area contributed by atoms with Crippen LogP contribution in [0.15, 0.2) is 35.6 Å². The van der Waals surface area contributed by atoms with Gasteiger partial charge < -0.3 is 5.11 Å². The van der Waals surface area contributed by atoms with E-state index in [1.807, 2.05) is 24.3 Å². The molecule has 0 aliphatic rings. The molecule has 0 unspecified atom stereocenters. The van der Waals surface area contributed by atoms with E-state index in [0.717, 1.165) is 11.3 Å². The Hall–Kier alpha value is -2.37.